The average molecular weight is 348 g/mol. The molecule has 0 aromatic carbocycles. The van der Waals surface area contributed by atoms with Crippen molar-refractivity contribution < 1.29 is 5.11 Å². The molecule has 0 spiro atoms. The second kappa shape index (κ2) is 7.22. The minimum atomic E-state index is -0.563. The molecule has 7 heteroatoms. The second-order valence-corrected chi connectivity index (χ2v) is 9.16. The molecule has 0 saturated carbocycles. The van der Waals surface area contributed by atoms with Crippen LogP contribution in [-0.4, -0.2) is 53.1 Å². The molecular formula is C14H22ClN3OS2. The van der Waals surface area contributed by atoms with Gasteiger partial charge in [0.15, 0.2) is 5.96 Å². The third kappa shape index (κ3) is 4.77. The van der Waals surface area contributed by atoms with Gasteiger partial charge in [-0.15, -0.1) is 11.3 Å². The Labute approximate surface area is 139 Å². The maximum absolute atomic E-state index is 10.2. The standard InChI is InChI=1S/C14H22ClN3OS2/c1-14(2)9-18(6-7-20-14)13(16-3)17-8-10(19)11-4-5-12(15)21-11/h4-5,10,19H,6-9H2,1-3H3,(H,16,17). The number of thioether (sulfide) groups is 1. The van der Waals surface area contributed by atoms with Gasteiger partial charge < -0.3 is 15.3 Å². The van der Waals surface area contributed by atoms with Crippen LogP contribution in [0.3, 0.4) is 0 Å². The van der Waals surface area contributed by atoms with Crippen molar-refractivity contribution in [3.8, 4) is 0 Å². The molecule has 0 amide bonds. The monoisotopic (exact) mass is 347 g/mol. The molecule has 0 aliphatic carbocycles. The molecule has 1 aromatic rings. The van der Waals surface area contributed by atoms with Crippen LogP contribution in [0, 0.1) is 0 Å². The lowest BCUT2D eigenvalue weighted by Gasteiger charge is -2.39. The Balaban J connectivity index is 1.91. The normalized spacial score (nSPS) is 20.4. The van der Waals surface area contributed by atoms with Gasteiger partial charge in [0.2, 0.25) is 0 Å². The predicted molar refractivity (Wildman–Crippen MR) is 93.8 cm³/mol. The summed E-state index contributed by atoms with van der Waals surface area (Å²) in [5, 5.41) is 13.5. The van der Waals surface area contributed by atoms with Crippen molar-refractivity contribution in [2.24, 2.45) is 4.99 Å². The number of halogens is 1. The zero-order valence-electron chi connectivity index (χ0n) is 12.6. The van der Waals surface area contributed by atoms with Gasteiger partial charge in [0.25, 0.3) is 0 Å². The lowest BCUT2D eigenvalue weighted by molar-refractivity contribution is 0.183. The van der Waals surface area contributed by atoms with Crippen LogP contribution in [0.15, 0.2) is 17.1 Å². The maximum Gasteiger partial charge on any atom is 0.193 e. The van der Waals surface area contributed by atoms with E-state index in [1.54, 1.807) is 7.05 Å². The number of aliphatic hydroxyl groups excluding tert-OH is 1. The molecular weight excluding hydrogens is 326 g/mol. The summed E-state index contributed by atoms with van der Waals surface area (Å²) in [6, 6.07) is 3.67. The van der Waals surface area contributed by atoms with Gasteiger partial charge in [0.1, 0.15) is 6.10 Å². The first kappa shape index (κ1) is 16.9. The highest BCUT2D eigenvalue weighted by atomic mass is 35.5. The highest BCUT2D eigenvalue weighted by molar-refractivity contribution is 8.00. The fourth-order valence-corrected chi connectivity index (χ4v) is 4.48. The highest BCUT2D eigenvalue weighted by Gasteiger charge is 2.28. The molecule has 21 heavy (non-hydrogen) atoms. The number of aliphatic imine (C=N–C) groups is 1. The first-order chi connectivity index (χ1) is 9.91. The van der Waals surface area contributed by atoms with Gasteiger partial charge in [-0.2, -0.15) is 11.8 Å². The van der Waals surface area contributed by atoms with E-state index >= 15 is 0 Å². The van der Waals surface area contributed by atoms with E-state index in [1.165, 1.54) is 11.3 Å². The van der Waals surface area contributed by atoms with E-state index in [1.807, 2.05) is 23.9 Å². The SMILES string of the molecule is CN=C(NCC(O)c1ccc(Cl)s1)N1CCSC(C)(C)C1. The van der Waals surface area contributed by atoms with Gasteiger partial charge in [0, 0.05) is 42.1 Å². The molecule has 118 valence electrons. The minimum Gasteiger partial charge on any atom is -0.386 e. The Hall–Kier alpha value is -0.430. The van der Waals surface area contributed by atoms with Crippen molar-refractivity contribution in [2.45, 2.75) is 24.7 Å². The van der Waals surface area contributed by atoms with Gasteiger partial charge in [-0.25, -0.2) is 0 Å². The lowest BCUT2D eigenvalue weighted by atomic mass is 10.2. The molecule has 1 aliphatic heterocycles. The van der Waals surface area contributed by atoms with Crippen LogP contribution >= 0.6 is 34.7 Å². The van der Waals surface area contributed by atoms with Crippen LogP contribution in [-0.2, 0) is 0 Å². The van der Waals surface area contributed by atoms with Crippen molar-refractivity contribution >= 4 is 40.7 Å². The number of thiophene rings is 1. The molecule has 4 nitrogen and oxygen atoms in total. The number of nitrogens with one attached hydrogen (secondary N) is 1. The highest BCUT2D eigenvalue weighted by Crippen LogP contribution is 2.29. The molecule has 2 N–H and O–H groups in total. The Kier molecular flexibility index (Phi) is 5.82. The number of nitrogens with zero attached hydrogens (tertiary/aromatic N) is 2. The summed E-state index contributed by atoms with van der Waals surface area (Å²) in [7, 11) is 1.78. The molecule has 1 fully saturated rings. The van der Waals surface area contributed by atoms with Crippen LogP contribution in [0.5, 0.6) is 0 Å². The van der Waals surface area contributed by atoms with Gasteiger partial charge in [-0.05, 0) is 26.0 Å². The summed E-state index contributed by atoms with van der Waals surface area (Å²) in [5.41, 5.74) is 0. The first-order valence-electron chi connectivity index (χ1n) is 6.94. The van der Waals surface area contributed by atoms with Crippen LogP contribution in [0.1, 0.15) is 24.8 Å². The van der Waals surface area contributed by atoms with E-state index in [2.05, 4.69) is 29.1 Å². The summed E-state index contributed by atoms with van der Waals surface area (Å²) in [6.07, 6.45) is -0.563. The number of hydrogen-bond acceptors (Lipinski definition) is 4. The van der Waals surface area contributed by atoms with Crippen molar-refractivity contribution in [3.63, 3.8) is 0 Å². The lowest BCUT2D eigenvalue weighted by Crippen LogP contribution is -2.51. The third-order valence-corrected chi connectivity index (χ3v) is 5.94. The Morgan fingerprint density at radius 1 is 1.57 bits per heavy atom. The largest absolute Gasteiger partial charge is 0.386 e. The number of guanidine groups is 1. The maximum atomic E-state index is 10.2. The zero-order valence-corrected chi connectivity index (χ0v) is 15.0. The van der Waals surface area contributed by atoms with E-state index < -0.39 is 6.10 Å². The van der Waals surface area contributed by atoms with E-state index in [0.717, 1.165) is 29.7 Å². The molecule has 1 aliphatic rings. The predicted octanol–water partition coefficient (Wildman–Crippen LogP) is 2.84. The molecule has 0 radical (unpaired) electrons. The molecule has 2 rings (SSSR count). The van der Waals surface area contributed by atoms with Crippen LogP contribution in [0.25, 0.3) is 0 Å². The zero-order chi connectivity index (χ0) is 15.5. The quantitative estimate of drug-likeness (QED) is 0.652. The van der Waals surface area contributed by atoms with Crippen molar-refractivity contribution in [1.82, 2.24) is 10.2 Å². The van der Waals surface area contributed by atoms with E-state index in [0.29, 0.717) is 10.9 Å². The van der Waals surface area contributed by atoms with E-state index in [4.69, 9.17) is 11.6 Å². The smallest absolute Gasteiger partial charge is 0.193 e. The molecule has 0 bridgehead atoms. The fraction of sp³-hybridized carbons (Fsp3) is 0.643. The molecule has 2 heterocycles. The van der Waals surface area contributed by atoms with Gasteiger partial charge in [-0.3, -0.25) is 4.99 Å². The third-order valence-electron chi connectivity index (χ3n) is 3.31. The van der Waals surface area contributed by atoms with Crippen LogP contribution in [0.4, 0.5) is 0 Å². The molecule has 1 unspecified atom stereocenters. The Morgan fingerprint density at radius 3 is 2.90 bits per heavy atom. The summed E-state index contributed by atoms with van der Waals surface area (Å²) >= 11 is 9.30. The molecule has 1 aromatic heterocycles. The number of rotatable bonds is 3. The summed E-state index contributed by atoms with van der Waals surface area (Å²) < 4.78 is 0.929. The van der Waals surface area contributed by atoms with Crippen LogP contribution in [0.2, 0.25) is 4.34 Å². The second-order valence-electron chi connectivity index (χ2n) is 5.62. The summed E-state index contributed by atoms with van der Waals surface area (Å²) in [5.74, 6) is 1.95. The topological polar surface area (TPSA) is 47.9 Å². The van der Waals surface area contributed by atoms with Gasteiger partial charge >= 0.3 is 0 Å². The van der Waals surface area contributed by atoms with Crippen molar-refractivity contribution in [1.29, 1.82) is 0 Å². The summed E-state index contributed by atoms with van der Waals surface area (Å²) in [6.45, 7) is 6.87. The Morgan fingerprint density at radius 2 is 2.33 bits per heavy atom. The van der Waals surface area contributed by atoms with Crippen molar-refractivity contribution in [2.75, 3.05) is 32.4 Å². The minimum absolute atomic E-state index is 0.232. The average Bonchev–Trinajstić information content (AvgIpc) is 2.85. The number of aliphatic hydroxyl groups is 1. The molecule has 1 saturated heterocycles. The Bertz CT molecular complexity index is 504. The van der Waals surface area contributed by atoms with E-state index in [9.17, 15) is 5.11 Å². The fourth-order valence-electron chi connectivity index (χ4n) is 2.33. The molecule has 1 atom stereocenters. The van der Waals surface area contributed by atoms with Gasteiger partial charge in [0.05, 0.1) is 4.34 Å². The van der Waals surface area contributed by atoms with Crippen molar-refractivity contribution in [3.05, 3.63) is 21.3 Å². The van der Waals surface area contributed by atoms with Crippen LogP contribution < -0.4 is 5.32 Å². The van der Waals surface area contributed by atoms with E-state index in [-0.39, 0.29) is 4.75 Å². The number of hydrogen-bond donors (Lipinski definition) is 2. The first-order valence-corrected chi connectivity index (χ1v) is 9.12. The van der Waals surface area contributed by atoms with Gasteiger partial charge in [-0.1, -0.05) is 11.6 Å². The summed E-state index contributed by atoms with van der Waals surface area (Å²) in [4.78, 5) is 7.46.